The average Bonchev–Trinajstić information content (AvgIpc) is 2.98. The van der Waals surface area contributed by atoms with Gasteiger partial charge in [-0.25, -0.2) is 0 Å². The number of ether oxygens (including phenoxy) is 2. The standard InChI is InChI=1S/C24H27N3O5/c1-26-20-13-17(6-8-21(20)32-15-23(26)29)24(30)25-18-7-9-22(28)27(11-10-18)14-16-4-3-5-19(12-16)31-2/h3-6,8,12-13,18H,7,9-11,14-15H2,1-2H3,(H,25,30). The maximum atomic E-state index is 12.9. The summed E-state index contributed by atoms with van der Waals surface area (Å²) in [6.07, 6.45) is 1.64. The van der Waals surface area contributed by atoms with Gasteiger partial charge in [0.25, 0.3) is 11.8 Å². The maximum absolute atomic E-state index is 12.9. The molecule has 0 bridgehead atoms. The third-order valence-electron chi connectivity index (χ3n) is 5.96. The third kappa shape index (κ3) is 4.69. The van der Waals surface area contributed by atoms with E-state index < -0.39 is 0 Å². The Kier molecular flexibility index (Phi) is 6.30. The lowest BCUT2D eigenvalue weighted by atomic mass is 10.1. The lowest BCUT2D eigenvalue weighted by Crippen LogP contribution is -2.37. The van der Waals surface area contributed by atoms with E-state index in [9.17, 15) is 14.4 Å². The highest BCUT2D eigenvalue weighted by molar-refractivity contribution is 6.01. The van der Waals surface area contributed by atoms with Crippen molar-refractivity contribution in [3.05, 3.63) is 53.6 Å². The second kappa shape index (κ2) is 9.30. The van der Waals surface area contributed by atoms with Crippen LogP contribution in [0.1, 0.15) is 35.2 Å². The first kappa shape index (κ1) is 21.7. The minimum atomic E-state index is -0.224. The molecule has 8 nitrogen and oxygen atoms in total. The summed E-state index contributed by atoms with van der Waals surface area (Å²) < 4.78 is 10.7. The normalized spacial score (nSPS) is 18.5. The van der Waals surface area contributed by atoms with Crippen molar-refractivity contribution in [1.29, 1.82) is 0 Å². The summed E-state index contributed by atoms with van der Waals surface area (Å²) in [5, 5.41) is 3.05. The quantitative estimate of drug-likeness (QED) is 0.776. The van der Waals surface area contributed by atoms with Crippen molar-refractivity contribution in [3.8, 4) is 11.5 Å². The fourth-order valence-corrected chi connectivity index (χ4v) is 4.02. The van der Waals surface area contributed by atoms with Crippen molar-refractivity contribution in [2.45, 2.75) is 31.8 Å². The van der Waals surface area contributed by atoms with Crippen molar-refractivity contribution in [2.75, 3.05) is 32.2 Å². The van der Waals surface area contributed by atoms with Crippen LogP contribution in [0.15, 0.2) is 42.5 Å². The lowest BCUT2D eigenvalue weighted by molar-refractivity contribution is -0.131. The molecule has 4 rings (SSSR count). The number of likely N-dealkylation sites (tertiary alicyclic amines) is 1. The molecule has 1 unspecified atom stereocenters. The molecule has 0 aliphatic carbocycles. The zero-order valence-corrected chi connectivity index (χ0v) is 18.3. The second-order valence-electron chi connectivity index (χ2n) is 8.09. The van der Waals surface area contributed by atoms with Crippen molar-refractivity contribution < 1.29 is 23.9 Å². The van der Waals surface area contributed by atoms with Crippen LogP contribution in [0, 0.1) is 0 Å². The number of carbonyl (C=O) groups is 3. The zero-order valence-electron chi connectivity index (χ0n) is 18.3. The van der Waals surface area contributed by atoms with E-state index in [4.69, 9.17) is 9.47 Å². The van der Waals surface area contributed by atoms with Crippen LogP contribution in [0.4, 0.5) is 5.69 Å². The van der Waals surface area contributed by atoms with E-state index in [2.05, 4.69) is 5.32 Å². The molecule has 0 aromatic heterocycles. The number of hydrogen-bond donors (Lipinski definition) is 1. The SMILES string of the molecule is COc1cccc(CN2CCC(NC(=O)c3ccc4c(c3)N(C)C(=O)CO4)CCC2=O)c1. The van der Waals surface area contributed by atoms with Gasteiger partial charge in [-0.05, 0) is 48.7 Å². The summed E-state index contributed by atoms with van der Waals surface area (Å²) in [5.41, 5.74) is 2.04. The molecule has 2 aromatic rings. The van der Waals surface area contributed by atoms with E-state index in [0.29, 0.717) is 49.4 Å². The largest absolute Gasteiger partial charge is 0.497 e. The molecule has 0 spiro atoms. The monoisotopic (exact) mass is 437 g/mol. The first-order valence-electron chi connectivity index (χ1n) is 10.7. The Hall–Kier alpha value is -3.55. The van der Waals surface area contributed by atoms with Crippen LogP contribution in [-0.4, -0.2) is 56.0 Å². The van der Waals surface area contributed by atoms with E-state index >= 15 is 0 Å². The summed E-state index contributed by atoms with van der Waals surface area (Å²) in [4.78, 5) is 40.7. The van der Waals surface area contributed by atoms with Crippen molar-refractivity contribution in [1.82, 2.24) is 10.2 Å². The topological polar surface area (TPSA) is 88.2 Å². The predicted molar refractivity (Wildman–Crippen MR) is 119 cm³/mol. The molecule has 168 valence electrons. The fraction of sp³-hybridized carbons (Fsp3) is 0.375. The number of carbonyl (C=O) groups excluding carboxylic acids is 3. The first-order chi connectivity index (χ1) is 15.4. The summed E-state index contributed by atoms with van der Waals surface area (Å²) in [6.45, 7) is 1.08. The second-order valence-corrected chi connectivity index (χ2v) is 8.09. The number of nitrogens with zero attached hydrogens (tertiary/aromatic N) is 2. The van der Waals surface area contributed by atoms with Crippen LogP contribution in [-0.2, 0) is 16.1 Å². The van der Waals surface area contributed by atoms with Crippen LogP contribution in [0.3, 0.4) is 0 Å². The Balaban J connectivity index is 1.39. The highest BCUT2D eigenvalue weighted by Gasteiger charge is 2.26. The van der Waals surface area contributed by atoms with Crippen molar-refractivity contribution in [3.63, 3.8) is 0 Å². The molecule has 0 radical (unpaired) electrons. The van der Waals surface area contributed by atoms with Gasteiger partial charge in [-0.2, -0.15) is 0 Å². The van der Waals surface area contributed by atoms with Crippen LogP contribution < -0.4 is 19.7 Å². The van der Waals surface area contributed by atoms with Crippen LogP contribution >= 0.6 is 0 Å². The number of anilines is 1. The van der Waals surface area contributed by atoms with Gasteiger partial charge in [0, 0.05) is 38.2 Å². The van der Waals surface area contributed by atoms with Gasteiger partial charge in [-0.1, -0.05) is 12.1 Å². The van der Waals surface area contributed by atoms with Crippen LogP contribution in [0.5, 0.6) is 11.5 Å². The first-order valence-corrected chi connectivity index (χ1v) is 10.7. The summed E-state index contributed by atoms with van der Waals surface area (Å²) in [7, 11) is 3.29. The van der Waals surface area contributed by atoms with Gasteiger partial charge < -0.3 is 24.6 Å². The van der Waals surface area contributed by atoms with Gasteiger partial charge in [0.05, 0.1) is 12.8 Å². The van der Waals surface area contributed by atoms with Crippen molar-refractivity contribution in [2.24, 2.45) is 0 Å². The Morgan fingerprint density at radius 2 is 2.00 bits per heavy atom. The average molecular weight is 437 g/mol. The predicted octanol–water partition coefficient (Wildman–Crippen LogP) is 2.36. The number of hydrogen-bond acceptors (Lipinski definition) is 5. The van der Waals surface area contributed by atoms with Gasteiger partial charge in [0.1, 0.15) is 11.5 Å². The number of rotatable bonds is 5. The molecule has 1 N–H and O–H groups in total. The minimum Gasteiger partial charge on any atom is -0.497 e. The highest BCUT2D eigenvalue weighted by atomic mass is 16.5. The highest BCUT2D eigenvalue weighted by Crippen LogP contribution is 2.32. The minimum absolute atomic E-state index is 0.00257. The third-order valence-corrected chi connectivity index (χ3v) is 5.96. The number of fused-ring (bicyclic) bond motifs is 1. The number of amides is 3. The maximum Gasteiger partial charge on any atom is 0.264 e. The van der Waals surface area contributed by atoms with Gasteiger partial charge in [-0.3, -0.25) is 14.4 Å². The fourth-order valence-electron chi connectivity index (χ4n) is 4.02. The molecule has 2 aliphatic heterocycles. The molecule has 1 atom stereocenters. The van der Waals surface area contributed by atoms with Crippen LogP contribution in [0.25, 0.3) is 0 Å². The lowest BCUT2D eigenvalue weighted by Gasteiger charge is -2.26. The Morgan fingerprint density at radius 3 is 2.81 bits per heavy atom. The number of benzene rings is 2. The molecule has 8 heteroatoms. The van der Waals surface area contributed by atoms with Gasteiger partial charge in [0.15, 0.2) is 6.61 Å². The molecule has 1 saturated heterocycles. The Morgan fingerprint density at radius 1 is 1.16 bits per heavy atom. The molecule has 2 heterocycles. The molecule has 1 fully saturated rings. The van der Waals surface area contributed by atoms with E-state index in [1.807, 2.05) is 29.2 Å². The van der Waals surface area contributed by atoms with Gasteiger partial charge >= 0.3 is 0 Å². The number of likely N-dealkylation sites (N-methyl/N-ethyl adjacent to an activating group) is 1. The number of methoxy groups -OCH3 is 1. The number of nitrogens with one attached hydrogen (secondary N) is 1. The zero-order chi connectivity index (χ0) is 22.7. The molecular formula is C24H27N3O5. The van der Waals surface area contributed by atoms with Gasteiger partial charge in [-0.15, -0.1) is 0 Å². The molecule has 0 saturated carbocycles. The molecule has 32 heavy (non-hydrogen) atoms. The Labute approximate surface area is 187 Å². The van der Waals surface area contributed by atoms with E-state index in [0.717, 1.165) is 11.3 Å². The molecular weight excluding hydrogens is 410 g/mol. The van der Waals surface area contributed by atoms with E-state index in [1.54, 1.807) is 32.4 Å². The van der Waals surface area contributed by atoms with Gasteiger partial charge in [0.2, 0.25) is 5.91 Å². The van der Waals surface area contributed by atoms with E-state index in [1.165, 1.54) is 4.90 Å². The Bertz CT molecular complexity index is 1040. The molecule has 3 amide bonds. The molecule has 2 aliphatic rings. The van der Waals surface area contributed by atoms with E-state index in [-0.39, 0.29) is 30.4 Å². The van der Waals surface area contributed by atoms with Crippen molar-refractivity contribution >= 4 is 23.4 Å². The summed E-state index contributed by atoms with van der Waals surface area (Å²) in [5.74, 6) is 1.04. The molecule has 2 aromatic carbocycles. The summed E-state index contributed by atoms with van der Waals surface area (Å²) >= 11 is 0. The smallest absolute Gasteiger partial charge is 0.264 e. The van der Waals surface area contributed by atoms with Crippen LogP contribution in [0.2, 0.25) is 0 Å². The summed E-state index contributed by atoms with van der Waals surface area (Å²) in [6, 6.07) is 12.6.